The van der Waals surface area contributed by atoms with Crippen LogP contribution in [0.5, 0.6) is 0 Å². The Hall–Kier alpha value is -4.16. The van der Waals surface area contributed by atoms with Crippen LogP contribution < -0.4 is 0 Å². The lowest BCUT2D eigenvalue weighted by Crippen LogP contribution is -2.18. The summed E-state index contributed by atoms with van der Waals surface area (Å²) in [6, 6.07) is 16.0. The first-order valence-corrected chi connectivity index (χ1v) is 14.5. The average molecular weight is 581 g/mol. The van der Waals surface area contributed by atoms with E-state index in [2.05, 4.69) is 19.9 Å². The smallest absolute Gasteiger partial charge is 0.341 e. The largest absolute Gasteiger partial charge is 0.462 e. The third kappa shape index (κ3) is 6.18. The van der Waals surface area contributed by atoms with Crippen molar-refractivity contribution in [2.24, 2.45) is 0 Å². The number of aromatic nitrogens is 4. The van der Waals surface area contributed by atoms with Crippen molar-refractivity contribution in [1.29, 1.82) is 0 Å². The number of nitrogens with zero attached hydrogens (tertiary/aromatic N) is 4. The summed E-state index contributed by atoms with van der Waals surface area (Å²) in [5.74, 6) is -0.961. The number of hydrogen-bond donors (Lipinski definition) is 0. The number of sulfone groups is 1. The SMILES string of the molecule is C.CCOC(=O)c1cnc(SC)nc1-c1ccccc1.CCOC(=O)c1cnc2nc1-c1ccccc1S2(=O)=O. The van der Waals surface area contributed by atoms with Crippen LogP contribution in [0.3, 0.4) is 0 Å². The van der Waals surface area contributed by atoms with Crippen LogP contribution in [0.2, 0.25) is 0 Å². The molecule has 1 aliphatic rings. The highest BCUT2D eigenvalue weighted by Gasteiger charge is 2.33. The molecule has 0 saturated heterocycles. The minimum atomic E-state index is -3.71. The molecular formula is C28H28N4O6S2. The maximum absolute atomic E-state index is 12.2. The summed E-state index contributed by atoms with van der Waals surface area (Å²) >= 11 is 1.44. The lowest BCUT2D eigenvalue weighted by molar-refractivity contribution is 0.0516. The van der Waals surface area contributed by atoms with E-state index in [9.17, 15) is 18.0 Å². The molecule has 0 spiro atoms. The van der Waals surface area contributed by atoms with Crippen LogP contribution >= 0.6 is 11.8 Å². The number of carbonyl (C=O) groups excluding carboxylic acids is 2. The molecule has 4 aromatic rings. The topological polar surface area (TPSA) is 138 Å². The summed E-state index contributed by atoms with van der Waals surface area (Å²) in [5, 5.41) is 0.339. The first-order valence-electron chi connectivity index (χ1n) is 11.8. The standard InChI is InChI=1S/C14H14N2O2S.C13H10N2O4S.CH4/c1-3-18-13(17)11-9-15-14(19-2)16-12(11)10-7-5-4-6-8-10;1-2-19-12(16)9-7-14-13-15-11(9)8-5-3-4-6-10(8)20(13,17)18;/h4-9H,3H2,1-2H3;3-7H,2H2,1H3;1H4. The zero-order valence-corrected chi connectivity index (χ0v) is 23.0. The van der Waals surface area contributed by atoms with Crippen molar-refractivity contribution in [2.45, 2.75) is 36.5 Å². The first-order chi connectivity index (χ1) is 18.8. The minimum absolute atomic E-state index is 0. The Bertz CT molecular complexity index is 1630. The molecule has 0 saturated carbocycles. The van der Waals surface area contributed by atoms with Crippen LogP contribution in [0, 0.1) is 0 Å². The van der Waals surface area contributed by atoms with Gasteiger partial charge >= 0.3 is 11.9 Å². The highest BCUT2D eigenvalue weighted by atomic mass is 32.2. The van der Waals surface area contributed by atoms with Gasteiger partial charge < -0.3 is 9.47 Å². The maximum Gasteiger partial charge on any atom is 0.341 e. The molecule has 0 unspecified atom stereocenters. The predicted molar refractivity (Wildman–Crippen MR) is 151 cm³/mol. The molecule has 2 aromatic heterocycles. The second-order valence-electron chi connectivity index (χ2n) is 7.84. The van der Waals surface area contributed by atoms with Crippen molar-refractivity contribution >= 4 is 33.5 Å². The van der Waals surface area contributed by atoms with E-state index in [1.165, 1.54) is 30.2 Å². The number of esters is 2. The second-order valence-corrected chi connectivity index (χ2v) is 10.4. The summed E-state index contributed by atoms with van der Waals surface area (Å²) in [4.78, 5) is 40.2. The van der Waals surface area contributed by atoms with Gasteiger partial charge in [-0.25, -0.2) is 37.9 Å². The van der Waals surface area contributed by atoms with Crippen LogP contribution in [0.15, 0.2) is 82.2 Å². The van der Waals surface area contributed by atoms with Gasteiger partial charge in [-0.05, 0) is 26.2 Å². The molecule has 0 atom stereocenters. The molecule has 0 fully saturated rings. The van der Waals surface area contributed by atoms with Crippen LogP contribution in [0.1, 0.15) is 42.0 Å². The molecule has 0 N–H and O–H groups in total. The van der Waals surface area contributed by atoms with Crippen molar-refractivity contribution in [3.8, 4) is 22.5 Å². The Kier molecular flexibility index (Phi) is 10.1. The van der Waals surface area contributed by atoms with Crippen LogP contribution in [0.25, 0.3) is 22.5 Å². The van der Waals surface area contributed by atoms with E-state index < -0.39 is 21.8 Å². The molecule has 10 nitrogen and oxygen atoms in total. The molecule has 3 heterocycles. The number of rotatable bonds is 6. The molecule has 5 rings (SSSR count). The Morgan fingerprint density at radius 1 is 0.800 bits per heavy atom. The molecule has 40 heavy (non-hydrogen) atoms. The lowest BCUT2D eigenvalue weighted by Gasteiger charge is -2.17. The minimum Gasteiger partial charge on any atom is -0.462 e. The monoisotopic (exact) mass is 580 g/mol. The van der Waals surface area contributed by atoms with Gasteiger partial charge in [0.2, 0.25) is 9.84 Å². The summed E-state index contributed by atoms with van der Waals surface area (Å²) in [6.45, 7) is 4.02. The number of thioether (sulfide) groups is 1. The van der Waals surface area contributed by atoms with Gasteiger partial charge in [-0.15, -0.1) is 0 Å². The van der Waals surface area contributed by atoms with Gasteiger partial charge in [0.25, 0.3) is 5.16 Å². The number of hydrogen-bond acceptors (Lipinski definition) is 11. The Morgan fingerprint density at radius 2 is 1.38 bits per heavy atom. The summed E-state index contributed by atoms with van der Waals surface area (Å²) in [5.41, 5.74) is 2.73. The van der Waals surface area contributed by atoms with Gasteiger partial charge in [-0.1, -0.05) is 67.7 Å². The third-order valence-electron chi connectivity index (χ3n) is 5.43. The number of fused-ring (bicyclic) bond motifs is 4. The van der Waals surface area contributed by atoms with Crippen molar-refractivity contribution in [2.75, 3.05) is 19.5 Å². The fraction of sp³-hybridized carbons (Fsp3) is 0.214. The molecule has 0 radical (unpaired) electrons. The van der Waals surface area contributed by atoms with Gasteiger partial charge in [-0.2, -0.15) is 0 Å². The molecular weight excluding hydrogens is 552 g/mol. The van der Waals surface area contributed by atoms with Gasteiger partial charge in [-0.3, -0.25) is 0 Å². The van der Waals surface area contributed by atoms with E-state index in [0.29, 0.717) is 34.3 Å². The van der Waals surface area contributed by atoms with Crippen molar-refractivity contribution < 1.29 is 27.5 Å². The van der Waals surface area contributed by atoms with Gasteiger partial charge in [0.15, 0.2) is 5.16 Å². The summed E-state index contributed by atoms with van der Waals surface area (Å²) < 4.78 is 34.4. The quantitative estimate of drug-likeness (QED) is 0.150. The van der Waals surface area contributed by atoms with E-state index in [-0.39, 0.29) is 29.6 Å². The Balaban J connectivity index is 0.000000215. The van der Waals surface area contributed by atoms with E-state index >= 15 is 0 Å². The lowest BCUT2D eigenvalue weighted by atomic mass is 10.1. The van der Waals surface area contributed by atoms with E-state index in [1.54, 1.807) is 32.0 Å². The Labute approximate surface area is 237 Å². The fourth-order valence-electron chi connectivity index (χ4n) is 3.69. The molecule has 2 bridgehead atoms. The van der Waals surface area contributed by atoms with E-state index in [0.717, 1.165) is 5.56 Å². The highest BCUT2D eigenvalue weighted by molar-refractivity contribution is 7.98. The molecule has 2 aromatic carbocycles. The molecule has 208 valence electrons. The molecule has 0 aliphatic carbocycles. The van der Waals surface area contributed by atoms with Crippen molar-refractivity contribution in [3.63, 3.8) is 0 Å². The molecule has 12 heteroatoms. The van der Waals surface area contributed by atoms with Crippen molar-refractivity contribution in [3.05, 3.63) is 78.1 Å². The van der Waals surface area contributed by atoms with Gasteiger partial charge in [0, 0.05) is 23.5 Å². The predicted octanol–water partition coefficient (Wildman–Crippen LogP) is 5.14. The highest BCUT2D eigenvalue weighted by Crippen LogP contribution is 2.36. The zero-order chi connectivity index (χ0) is 28.0. The van der Waals surface area contributed by atoms with E-state index in [1.807, 2.05) is 36.6 Å². The molecule has 1 aliphatic heterocycles. The van der Waals surface area contributed by atoms with Crippen LogP contribution in [0.4, 0.5) is 0 Å². The van der Waals surface area contributed by atoms with Crippen molar-refractivity contribution in [1.82, 2.24) is 19.9 Å². The summed E-state index contributed by atoms with van der Waals surface area (Å²) in [7, 11) is -3.71. The fourth-order valence-corrected chi connectivity index (χ4v) is 5.34. The average Bonchev–Trinajstić information content (AvgIpc) is 2.97. The third-order valence-corrected chi connectivity index (χ3v) is 7.60. The number of carbonyl (C=O) groups is 2. The number of benzene rings is 2. The maximum atomic E-state index is 12.2. The van der Waals surface area contributed by atoms with Crippen LogP contribution in [-0.2, 0) is 19.3 Å². The van der Waals surface area contributed by atoms with Crippen LogP contribution in [-0.4, -0.2) is 59.8 Å². The van der Waals surface area contributed by atoms with Gasteiger partial charge in [0.1, 0.15) is 11.1 Å². The molecule has 0 amide bonds. The first kappa shape index (κ1) is 30.4. The van der Waals surface area contributed by atoms with Gasteiger partial charge in [0.05, 0.1) is 29.5 Å². The zero-order valence-electron chi connectivity index (χ0n) is 21.3. The van der Waals surface area contributed by atoms with E-state index in [4.69, 9.17) is 9.47 Å². The number of ether oxygens (including phenoxy) is 2. The second kappa shape index (κ2) is 13.3. The summed E-state index contributed by atoms with van der Waals surface area (Å²) in [6.07, 6.45) is 4.62. The Morgan fingerprint density at radius 3 is 2.00 bits per heavy atom. The normalized spacial score (nSPS) is 12.1.